The van der Waals surface area contributed by atoms with Crippen LogP contribution in [0.15, 0.2) is 36.5 Å². The average molecular weight is 437 g/mol. The fourth-order valence-corrected chi connectivity index (χ4v) is 5.84. The van der Waals surface area contributed by atoms with E-state index in [1.165, 1.54) is 14.0 Å². The highest BCUT2D eigenvalue weighted by atomic mass is 32.2. The number of halogens is 3. The third-order valence-electron chi connectivity index (χ3n) is 5.54. The van der Waals surface area contributed by atoms with Crippen molar-refractivity contribution >= 4 is 26.9 Å². The normalized spacial score (nSPS) is 23.6. The quantitative estimate of drug-likeness (QED) is 0.604. The second-order valence-electron chi connectivity index (χ2n) is 7.40. The molecule has 0 bridgehead atoms. The van der Waals surface area contributed by atoms with Gasteiger partial charge in [-0.1, -0.05) is 6.07 Å². The van der Waals surface area contributed by atoms with Crippen LogP contribution in [0.1, 0.15) is 23.3 Å². The van der Waals surface area contributed by atoms with E-state index in [9.17, 15) is 21.6 Å². The Labute approximate surface area is 170 Å². The van der Waals surface area contributed by atoms with Crippen LogP contribution in [0, 0.1) is 22.9 Å². The third kappa shape index (κ3) is 2.76. The van der Waals surface area contributed by atoms with E-state index in [0.29, 0.717) is 17.5 Å². The van der Waals surface area contributed by atoms with Crippen LogP contribution in [0.25, 0.3) is 10.9 Å². The molecule has 0 aliphatic carbocycles. The monoisotopic (exact) mass is 437 g/mol. The van der Waals surface area contributed by atoms with E-state index in [0.717, 1.165) is 9.82 Å². The summed E-state index contributed by atoms with van der Waals surface area (Å²) in [6.07, 6.45) is 1.56. The summed E-state index contributed by atoms with van der Waals surface area (Å²) in [5.74, 6) is -4.35. The van der Waals surface area contributed by atoms with Crippen molar-refractivity contribution in [3.63, 3.8) is 0 Å². The van der Waals surface area contributed by atoms with E-state index in [1.54, 1.807) is 36.1 Å². The van der Waals surface area contributed by atoms with Crippen molar-refractivity contribution in [2.45, 2.75) is 17.7 Å². The zero-order valence-corrected chi connectivity index (χ0v) is 17.1. The summed E-state index contributed by atoms with van der Waals surface area (Å²) < 4.78 is 71.3. The number of sulfonamides is 1. The molecule has 2 N–H and O–H groups in total. The SMILES string of the molecule is CN1C(=N)N[C@](C)(c2cc(F)c(F)cc2F)[C@H](c2ccc3c(cnn3C)c2)S1(=O)=O. The second kappa shape index (κ2) is 6.46. The van der Waals surface area contributed by atoms with E-state index in [4.69, 9.17) is 5.41 Å². The second-order valence-corrected chi connectivity index (χ2v) is 9.45. The molecule has 0 unspecified atom stereocenters. The fourth-order valence-electron chi connectivity index (χ4n) is 3.95. The molecule has 0 amide bonds. The number of benzene rings is 2. The first-order valence-electron chi connectivity index (χ1n) is 8.88. The van der Waals surface area contributed by atoms with Crippen LogP contribution in [-0.4, -0.2) is 35.5 Å². The van der Waals surface area contributed by atoms with Crippen LogP contribution in [0.4, 0.5) is 13.2 Å². The molecule has 1 aromatic heterocycles. The number of hydrogen-bond donors (Lipinski definition) is 2. The minimum absolute atomic E-state index is 0.286. The summed E-state index contributed by atoms with van der Waals surface area (Å²) >= 11 is 0. The van der Waals surface area contributed by atoms with Crippen LogP contribution in [0.3, 0.4) is 0 Å². The highest BCUT2D eigenvalue weighted by molar-refractivity contribution is 7.90. The fraction of sp³-hybridized carbons (Fsp3) is 0.263. The largest absolute Gasteiger partial charge is 0.345 e. The topological polar surface area (TPSA) is 91.1 Å². The molecule has 2 atom stereocenters. The molecule has 0 radical (unpaired) electrons. The van der Waals surface area contributed by atoms with Gasteiger partial charge in [-0.2, -0.15) is 5.10 Å². The Morgan fingerprint density at radius 3 is 2.47 bits per heavy atom. The Kier molecular flexibility index (Phi) is 4.35. The molecular weight excluding hydrogens is 419 g/mol. The van der Waals surface area contributed by atoms with Crippen LogP contribution in [0.2, 0.25) is 0 Å². The maximum Gasteiger partial charge on any atom is 0.246 e. The van der Waals surface area contributed by atoms with E-state index < -0.39 is 49.8 Å². The molecule has 4 rings (SSSR count). The first-order valence-corrected chi connectivity index (χ1v) is 10.4. The maximum atomic E-state index is 14.7. The van der Waals surface area contributed by atoms with Crippen LogP contribution < -0.4 is 5.32 Å². The van der Waals surface area contributed by atoms with Gasteiger partial charge in [0.25, 0.3) is 0 Å². The number of nitrogens with one attached hydrogen (secondary N) is 2. The number of fused-ring (bicyclic) bond motifs is 1. The Morgan fingerprint density at radius 2 is 1.77 bits per heavy atom. The Balaban J connectivity index is 2.01. The number of hydrogen-bond acceptors (Lipinski definition) is 4. The standard InChI is InChI=1S/C19H18F3N5O2S/c1-19(12-7-14(21)15(22)8-13(12)20)17(30(28,29)27(3)18(23)25-19)10-4-5-16-11(6-10)9-24-26(16)2/h4-9,17H,1-3H3,(H2,23,25)/t17-,19+/m0/s1. The van der Waals surface area contributed by atoms with E-state index in [-0.39, 0.29) is 5.56 Å². The molecule has 7 nitrogen and oxygen atoms in total. The smallest absolute Gasteiger partial charge is 0.246 e. The lowest BCUT2D eigenvalue weighted by Gasteiger charge is -2.46. The predicted octanol–water partition coefficient (Wildman–Crippen LogP) is 2.75. The Bertz CT molecular complexity index is 1310. The number of rotatable bonds is 2. The van der Waals surface area contributed by atoms with Gasteiger partial charge in [0.1, 0.15) is 11.1 Å². The van der Waals surface area contributed by atoms with Gasteiger partial charge in [-0.05, 0) is 30.7 Å². The van der Waals surface area contributed by atoms with Gasteiger partial charge in [-0.25, -0.2) is 25.9 Å². The number of nitrogens with zero attached hydrogens (tertiary/aromatic N) is 3. The molecule has 158 valence electrons. The molecule has 3 aromatic rings. The Hall–Kier alpha value is -3.08. The van der Waals surface area contributed by atoms with Gasteiger partial charge >= 0.3 is 0 Å². The lowest BCUT2D eigenvalue weighted by atomic mass is 9.84. The molecule has 1 aliphatic heterocycles. The minimum Gasteiger partial charge on any atom is -0.345 e. The first-order chi connectivity index (χ1) is 14.0. The number of aryl methyl sites for hydroxylation is 1. The lowest BCUT2D eigenvalue weighted by Crippen LogP contribution is -2.62. The highest BCUT2D eigenvalue weighted by Crippen LogP contribution is 2.46. The average Bonchev–Trinajstić information content (AvgIpc) is 3.03. The van der Waals surface area contributed by atoms with Gasteiger partial charge in [0, 0.05) is 31.1 Å². The predicted molar refractivity (Wildman–Crippen MR) is 105 cm³/mol. The van der Waals surface area contributed by atoms with Crippen LogP contribution in [0.5, 0.6) is 0 Å². The molecule has 1 aliphatic rings. The highest BCUT2D eigenvalue weighted by Gasteiger charge is 2.53. The maximum absolute atomic E-state index is 14.7. The summed E-state index contributed by atoms with van der Waals surface area (Å²) in [5, 5.41) is 14.1. The van der Waals surface area contributed by atoms with E-state index >= 15 is 0 Å². The summed E-state index contributed by atoms with van der Waals surface area (Å²) in [6.45, 7) is 1.35. The Morgan fingerprint density at radius 1 is 1.10 bits per heavy atom. The first kappa shape index (κ1) is 20.2. The lowest BCUT2D eigenvalue weighted by molar-refractivity contribution is 0.341. The van der Waals surface area contributed by atoms with Crippen molar-refractivity contribution in [1.29, 1.82) is 5.41 Å². The molecule has 1 saturated heterocycles. The summed E-state index contributed by atoms with van der Waals surface area (Å²) in [7, 11) is -1.30. The molecular formula is C19H18F3N5O2S. The van der Waals surface area contributed by atoms with E-state index in [2.05, 4.69) is 10.4 Å². The minimum atomic E-state index is -4.23. The molecule has 1 fully saturated rings. The van der Waals surface area contributed by atoms with Crippen molar-refractivity contribution in [2.75, 3.05) is 7.05 Å². The van der Waals surface area contributed by atoms with Crippen molar-refractivity contribution in [2.24, 2.45) is 7.05 Å². The van der Waals surface area contributed by atoms with Gasteiger partial charge < -0.3 is 5.32 Å². The number of guanidine groups is 1. The van der Waals surface area contributed by atoms with Crippen molar-refractivity contribution in [3.05, 3.63) is 65.1 Å². The molecule has 2 heterocycles. The zero-order valence-electron chi connectivity index (χ0n) is 16.2. The molecule has 0 saturated carbocycles. The molecule has 30 heavy (non-hydrogen) atoms. The summed E-state index contributed by atoms with van der Waals surface area (Å²) in [5.41, 5.74) is -1.16. The summed E-state index contributed by atoms with van der Waals surface area (Å²) in [4.78, 5) is 0. The van der Waals surface area contributed by atoms with Gasteiger partial charge in [0.2, 0.25) is 16.0 Å². The zero-order chi connectivity index (χ0) is 22.0. The van der Waals surface area contributed by atoms with Gasteiger partial charge in [-0.15, -0.1) is 0 Å². The number of aromatic nitrogens is 2. The molecule has 0 spiro atoms. The van der Waals surface area contributed by atoms with Crippen LogP contribution >= 0.6 is 0 Å². The van der Waals surface area contributed by atoms with Crippen molar-refractivity contribution in [1.82, 2.24) is 19.4 Å². The van der Waals surface area contributed by atoms with Gasteiger partial charge in [0.15, 0.2) is 11.6 Å². The van der Waals surface area contributed by atoms with Gasteiger partial charge in [-0.3, -0.25) is 10.1 Å². The van der Waals surface area contributed by atoms with Gasteiger partial charge in [0.05, 0.1) is 17.3 Å². The van der Waals surface area contributed by atoms with Crippen molar-refractivity contribution in [3.8, 4) is 0 Å². The molecule has 11 heteroatoms. The summed E-state index contributed by atoms with van der Waals surface area (Å²) in [6, 6.07) is 5.84. The molecule has 2 aromatic carbocycles. The third-order valence-corrected chi connectivity index (χ3v) is 7.82. The van der Waals surface area contributed by atoms with Crippen LogP contribution in [-0.2, 0) is 22.6 Å². The van der Waals surface area contributed by atoms with E-state index in [1.807, 2.05) is 0 Å². The van der Waals surface area contributed by atoms with Crippen molar-refractivity contribution < 1.29 is 21.6 Å².